The maximum absolute atomic E-state index is 11.8. The highest BCUT2D eigenvalue weighted by molar-refractivity contribution is 6.12. The molecule has 3 heteroatoms. The molecule has 1 aromatic rings. The third kappa shape index (κ3) is 1.51. The van der Waals surface area contributed by atoms with Crippen molar-refractivity contribution in [3.05, 3.63) is 53.4 Å². The molecule has 2 rings (SSSR count). The van der Waals surface area contributed by atoms with E-state index in [2.05, 4.69) is 4.98 Å². The van der Waals surface area contributed by atoms with Gasteiger partial charge in [0.25, 0.3) is 0 Å². The summed E-state index contributed by atoms with van der Waals surface area (Å²) >= 11 is 0. The van der Waals surface area contributed by atoms with Gasteiger partial charge in [0.2, 0.25) is 5.78 Å². The summed E-state index contributed by atoms with van der Waals surface area (Å²) in [4.78, 5) is 15.8. The molecular weight excluding hydrogens is 190 g/mol. The first kappa shape index (κ1) is 9.80. The number of hydrogen-bond acceptors (Lipinski definition) is 3. The Morgan fingerprint density at radius 3 is 3.00 bits per heavy atom. The minimum atomic E-state index is -0.836. The average molecular weight is 201 g/mol. The summed E-state index contributed by atoms with van der Waals surface area (Å²) in [7, 11) is 0. The molecule has 15 heavy (non-hydrogen) atoms. The zero-order chi connectivity index (χ0) is 10.8. The molecular formula is C12H11NO2. The molecule has 0 bridgehead atoms. The molecule has 0 spiro atoms. The molecule has 0 aromatic carbocycles. The zero-order valence-electron chi connectivity index (χ0n) is 8.34. The summed E-state index contributed by atoms with van der Waals surface area (Å²) in [5.74, 6) is -0.184. The lowest BCUT2D eigenvalue weighted by Crippen LogP contribution is -1.99. The van der Waals surface area contributed by atoms with E-state index in [0.717, 1.165) is 0 Å². The van der Waals surface area contributed by atoms with Crippen molar-refractivity contribution >= 4 is 5.78 Å². The van der Waals surface area contributed by atoms with Crippen molar-refractivity contribution in [2.75, 3.05) is 0 Å². The molecule has 1 aliphatic carbocycles. The number of carbonyl (C=O) groups is 1. The van der Waals surface area contributed by atoms with Gasteiger partial charge in [-0.05, 0) is 13.0 Å². The van der Waals surface area contributed by atoms with Crippen LogP contribution in [0.15, 0.2) is 42.1 Å². The number of carbonyl (C=O) groups excluding carboxylic acids is 1. The summed E-state index contributed by atoms with van der Waals surface area (Å²) in [6, 6.07) is 3.44. The molecule has 0 fully saturated rings. The Bertz CT molecular complexity index is 460. The lowest BCUT2D eigenvalue weighted by atomic mass is 10.1. The fourth-order valence-electron chi connectivity index (χ4n) is 1.62. The van der Waals surface area contributed by atoms with Gasteiger partial charge < -0.3 is 5.11 Å². The van der Waals surface area contributed by atoms with Crippen molar-refractivity contribution in [2.24, 2.45) is 0 Å². The maximum atomic E-state index is 11.8. The van der Waals surface area contributed by atoms with Gasteiger partial charge in [0.15, 0.2) is 0 Å². The first-order valence-corrected chi connectivity index (χ1v) is 4.76. The molecule has 0 amide bonds. The first-order valence-electron chi connectivity index (χ1n) is 4.76. The Morgan fingerprint density at radius 2 is 2.33 bits per heavy atom. The highest BCUT2D eigenvalue weighted by atomic mass is 16.3. The second kappa shape index (κ2) is 3.79. The number of ketones is 1. The fraction of sp³-hybridized carbons (Fsp3) is 0.167. The Morgan fingerprint density at radius 1 is 1.53 bits per heavy atom. The van der Waals surface area contributed by atoms with Crippen molar-refractivity contribution < 1.29 is 9.90 Å². The number of pyridine rings is 1. The molecule has 76 valence electrons. The lowest BCUT2D eigenvalue weighted by molar-refractivity contribution is 0.101. The quantitative estimate of drug-likeness (QED) is 0.705. The van der Waals surface area contributed by atoms with Crippen LogP contribution in [0, 0.1) is 0 Å². The van der Waals surface area contributed by atoms with Crippen LogP contribution in [0.25, 0.3) is 0 Å². The first-order chi connectivity index (χ1) is 7.25. The fourth-order valence-corrected chi connectivity index (χ4v) is 1.62. The number of aliphatic hydroxyl groups excluding tert-OH is 1. The number of aromatic nitrogens is 1. The minimum Gasteiger partial charge on any atom is -0.383 e. The Balaban J connectivity index is 2.50. The van der Waals surface area contributed by atoms with Crippen molar-refractivity contribution in [1.29, 1.82) is 0 Å². The van der Waals surface area contributed by atoms with Crippen molar-refractivity contribution in [1.82, 2.24) is 4.98 Å². The maximum Gasteiger partial charge on any atom is 0.210 e. The van der Waals surface area contributed by atoms with Crippen LogP contribution in [0.5, 0.6) is 0 Å². The summed E-state index contributed by atoms with van der Waals surface area (Å²) in [6.07, 6.45) is 5.90. The number of Topliss-reactive ketones (excluding diaryl/α,β-unsaturated/α-hetero) is 1. The standard InChI is InChI=1S/C12H11NO2/c1-2-3-5-9-11(14)8-6-4-7-13-10(8)12(9)15/h2-7,11,14H,1H3/b3-2+,9-5+. The lowest BCUT2D eigenvalue weighted by Gasteiger charge is -2.01. The van der Waals surface area contributed by atoms with E-state index in [1.165, 1.54) is 0 Å². The van der Waals surface area contributed by atoms with Gasteiger partial charge in [-0.15, -0.1) is 0 Å². The summed E-state index contributed by atoms with van der Waals surface area (Å²) < 4.78 is 0. The van der Waals surface area contributed by atoms with Gasteiger partial charge in [-0.3, -0.25) is 9.78 Å². The molecule has 1 aromatic heterocycles. The third-order valence-electron chi connectivity index (χ3n) is 2.37. The van der Waals surface area contributed by atoms with Crippen molar-refractivity contribution in [2.45, 2.75) is 13.0 Å². The van der Waals surface area contributed by atoms with E-state index in [0.29, 0.717) is 16.8 Å². The molecule has 0 radical (unpaired) electrons. The summed E-state index contributed by atoms with van der Waals surface area (Å²) in [5.41, 5.74) is 1.35. The number of allylic oxidation sites excluding steroid dienone is 3. The summed E-state index contributed by atoms with van der Waals surface area (Å²) in [5, 5.41) is 9.88. The predicted molar refractivity (Wildman–Crippen MR) is 56.4 cm³/mol. The number of hydrogen-bond donors (Lipinski definition) is 1. The molecule has 1 N–H and O–H groups in total. The second-order valence-corrected chi connectivity index (χ2v) is 3.32. The normalized spacial score (nSPS) is 22.7. The molecule has 1 unspecified atom stereocenters. The molecule has 1 aliphatic rings. The van der Waals surface area contributed by atoms with Crippen LogP contribution in [0.4, 0.5) is 0 Å². The Kier molecular flexibility index (Phi) is 2.47. The van der Waals surface area contributed by atoms with Gasteiger partial charge >= 0.3 is 0 Å². The van der Waals surface area contributed by atoms with Gasteiger partial charge in [-0.25, -0.2) is 0 Å². The van der Waals surface area contributed by atoms with Crippen LogP contribution in [-0.2, 0) is 0 Å². The molecule has 0 saturated carbocycles. The Labute approximate surface area is 87.8 Å². The summed E-state index contributed by atoms with van der Waals surface area (Å²) in [6.45, 7) is 1.86. The van der Waals surface area contributed by atoms with Gasteiger partial charge in [0, 0.05) is 17.3 Å². The predicted octanol–water partition coefficient (Wildman–Crippen LogP) is 1.81. The van der Waals surface area contributed by atoms with E-state index in [1.807, 2.05) is 13.0 Å². The number of nitrogens with zero attached hydrogens (tertiary/aromatic N) is 1. The van der Waals surface area contributed by atoms with Crippen LogP contribution in [0.3, 0.4) is 0 Å². The molecule has 0 aliphatic heterocycles. The molecule has 1 heterocycles. The van der Waals surface area contributed by atoms with Crippen LogP contribution >= 0.6 is 0 Å². The van der Waals surface area contributed by atoms with Crippen LogP contribution in [0.2, 0.25) is 0 Å². The number of rotatable bonds is 1. The van der Waals surface area contributed by atoms with Crippen molar-refractivity contribution in [3.8, 4) is 0 Å². The van der Waals surface area contributed by atoms with Gasteiger partial charge in [-0.1, -0.05) is 24.3 Å². The van der Waals surface area contributed by atoms with E-state index in [1.54, 1.807) is 30.5 Å². The number of fused-ring (bicyclic) bond motifs is 1. The van der Waals surface area contributed by atoms with E-state index < -0.39 is 6.10 Å². The van der Waals surface area contributed by atoms with Gasteiger partial charge in [0.1, 0.15) is 11.8 Å². The topological polar surface area (TPSA) is 50.2 Å². The van der Waals surface area contributed by atoms with E-state index in [9.17, 15) is 9.90 Å². The average Bonchev–Trinajstić information content (AvgIpc) is 2.51. The van der Waals surface area contributed by atoms with Crippen molar-refractivity contribution in [3.63, 3.8) is 0 Å². The highest BCUT2D eigenvalue weighted by Crippen LogP contribution is 2.33. The SMILES string of the molecule is C/C=C/C=C1/C(=O)c2ncccc2C1O. The molecule has 1 atom stereocenters. The van der Waals surface area contributed by atoms with Crippen LogP contribution < -0.4 is 0 Å². The largest absolute Gasteiger partial charge is 0.383 e. The second-order valence-electron chi connectivity index (χ2n) is 3.32. The van der Waals surface area contributed by atoms with E-state index in [-0.39, 0.29) is 5.78 Å². The van der Waals surface area contributed by atoms with Crippen LogP contribution in [0.1, 0.15) is 29.1 Å². The Hall–Kier alpha value is -1.74. The van der Waals surface area contributed by atoms with Gasteiger partial charge in [0.05, 0.1) is 0 Å². The van der Waals surface area contributed by atoms with E-state index in [4.69, 9.17) is 0 Å². The monoisotopic (exact) mass is 201 g/mol. The minimum absolute atomic E-state index is 0.184. The third-order valence-corrected chi connectivity index (χ3v) is 2.37. The highest BCUT2D eigenvalue weighted by Gasteiger charge is 2.33. The molecule has 3 nitrogen and oxygen atoms in total. The van der Waals surface area contributed by atoms with E-state index >= 15 is 0 Å². The van der Waals surface area contributed by atoms with Crippen LogP contribution in [-0.4, -0.2) is 15.9 Å². The zero-order valence-corrected chi connectivity index (χ0v) is 8.34. The molecule has 0 saturated heterocycles. The smallest absolute Gasteiger partial charge is 0.210 e. The number of aliphatic hydroxyl groups is 1. The van der Waals surface area contributed by atoms with Gasteiger partial charge in [-0.2, -0.15) is 0 Å².